The highest BCUT2D eigenvalue weighted by Gasteiger charge is 2.22. The molecule has 2 atom stereocenters. The number of nitrogens with one attached hydrogen (secondary N) is 1. The normalized spacial score (nSPS) is 30.9. The molecule has 0 amide bonds. The van der Waals surface area contributed by atoms with E-state index >= 15 is 0 Å². The smallest absolute Gasteiger partial charge is 0.00915 e. The molecule has 0 spiro atoms. The van der Waals surface area contributed by atoms with Gasteiger partial charge in [0.1, 0.15) is 0 Å². The van der Waals surface area contributed by atoms with Gasteiger partial charge < -0.3 is 10.2 Å². The Hall–Kier alpha value is -0.0800. The summed E-state index contributed by atoms with van der Waals surface area (Å²) in [5.74, 6) is 2.74. The average molecular weight is 266 g/mol. The lowest BCUT2D eigenvalue weighted by atomic mass is 9.82. The van der Waals surface area contributed by atoms with Crippen molar-refractivity contribution in [3.63, 3.8) is 0 Å². The molecule has 1 saturated carbocycles. The van der Waals surface area contributed by atoms with Crippen LogP contribution in [0.4, 0.5) is 0 Å². The van der Waals surface area contributed by atoms with E-state index in [1.807, 2.05) is 0 Å². The van der Waals surface area contributed by atoms with E-state index in [0.717, 1.165) is 23.8 Å². The van der Waals surface area contributed by atoms with Crippen LogP contribution in [0.1, 0.15) is 59.3 Å². The molecule has 0 aromatic carbocycles. The summed E-state index contributed by atoms with van der Waals surface area (Å²) in [4.78, 5) is 2.64. The Bertz CT molecular complexity index is 244. The molecule has 19 heavy (non-hydrogen) atoms. The van der Waals surface area contributed by atoms with E-state index in [1.54, 1.807) is 0 Å². The zero-order valence-electron chi connectivity index (χ0n) is 13.3. The molecule has 2 nitrogen and oxygen atoms in total. The first-order valence-electron chi connectivity index (χ1n) is 8.59. The van der Waals surface area contributed by atoms with Crippen molar-refractivity contribution < 1.29 is 0 Å². The number of hydrogen-bond acceptors (Lipinski definition) is 2. The van der Waals surface area contributed by atoms with Gasteiger partial charge in [0, 0.05) is 12.6 Å². The van der Waals surface area contributed by atoms with Crippen molar-refractivity contribution in [3.8, 4) is 0 Å². The molecule has 1 heterocycles. The van der Waals surface area contributed by atoms with Gasteiger partial charge in [0.05, 0.1) is 0 Å². The SMILES string of the molecule is CC(C)CN1CCC(NCC2CCCC(C)C2)CC1. The highest BCUT2D eigenvalue weighted by atomic mass is 15.1. The topological polar surface area (TPSA) is 15.3 Å². The van der Waals surface area contributed by atoms with E-state index in [4.69, 9.17) is 0 Å². The van der Waals surface area contributed by atoms with Crippen molar-refractivity contribution in [1.82, 2.24) is 10.2 Å². The molecule has 0 bridgehead atoms. The molecular formula is C17H34N2. The molecule has 112 valence electrons. The van der Waals surface area contributed by atoms with Crippen molar-refractivity contribution in [3.05, 3.63) is 0 Å². The van der Waals surface area contributed by atoms with Crippen LogP contribution in [-0.2, 0) is 0 Å². The maximum Gasteiger partial charge on any atom is 0.00915 e. The fourth-order valence-corrected chi connectivity index (χ4v) is 3.91. The summed E-state index contributed by atoms with van der Waals surface area (Å²) >= 11 is 0. The summed E-state index contributed by atoms with van der Waals surface area (Å²) in [5.41, 5.74) is 0. The fraction of sp³-hybridized carbons (Fsp3) is 1.00. The zero-order valence-corrected chi connectivity index (χ0v) is 13.3. The molecule has 2 heteroatoms. The van der Waals surface area contributed by atoms with E-state index < -0.39 is 0 Å². The lowest BCUT2D eigenvalue weighted by Crippen LogP contribution is -2.45. The Morgan fingerprint density at radius 2 is 1.84 bits per heavy atom. The third-order valence-electron chi connectivity index (χ3n) is 4.95. The van der Waals surface area contributed by atoms with Crippen LogP contribution in [0.25, 0.3) is 0 Å². The quantitative estimate of drug-likeness (QED) is 0.819. The van der Waals surface area contributed by atoms with Crippen molar-refractivity contribution >= 4 is 0 Å². The third-order valence-corrected chi connectivity index (χ3v) is 4.95. The van der Waals surface area contributed by atoms with Crippen LogP contribution in [0.2, 0.25) is 0 Å². The standard InChI is InChI=1S/C17H34N2/c1-14(2)13-19-9-7-17(8-10-19)18-12-16-6-4-5-15(3)11-16/h14-18H,4-13H2,1-3H3. The van der Waals surface area contributed by atoms with Crippen LogP contribution in [0, 0.1) is 17.8 Å². The van der Waals surface area contributed by atoms with Crippen molar-refractivity contribution in [2.24, 2.45) is 17.8 Å². The molecular weight excluding hydrogens is 232 g/mol. The highest BCUT2D eigenvalue weighted by Crippen LogP contribution is 2.28. The van der Waals surface area contributed by atoms with Gasteiger partial charge in [0.25, 0.3) is 0 Å². The van der Waals surface area contributed by atoms with Crippen LogP contribution in [0.3, 0.4) is 0 Å². The van der Waals surface area contributed by atoms with Gasteiger partial charge in [0.2, 0.25) is 0 Å². The molecule has 2 fully saturated rings. The molecule has 2 unspecified atom stereocenters. The fourth-order valence-electron chi connectivity index (χ4n) is 3.91. The van der Waals surface area contributed by atoms with Gasteiger partial charge >= 0.3 is 0 Å². The number of hydrogen-bond donors (Lipinski definition) is 1. The maximum atomic E-state index is 3.86. The first-order chi connectivity index (χ1) is 9.13. The first-order valence-corrected chi connectivity index (χ1v) is 8.59. The van der Waals surface area contributed by atoms with Crippen LogP contribution in [-0.4, -0.2) is 37.1 Å². The first kappa shape index (κ1) is 15.3. The number of nitrogens with zero attached hydrogens (tertiary/aromatic N) is 1. The second-order valence-electron chi connectivity index (χ2n) is 7.51. The summed E-state index contributed by atoms with van der Waals surface area (Å²) < 4.78 is 0. The predicted molar refractivity (Wildman–Crippen MR) is 83.4 cm³/mol. The van der Waals surface area contributed by atoms with E-state index in [9.17, 15) is 0 Å². The molecule has 1 saturated heterocycles. The van der Waals surface area contributed by atoms with Gasteiger partial charge in [0.15, 0.2) is 0 Å². The molecule has 2 aliphatic rings. The lowest BCUT2D eigenvalue weighted by molar-refractivity contribution is 0.173. The predicted octanol–water partition coefficient (Wildman–Crippen LogP) is 3.52. The molecule has 1 aliphatic carbocycles. The van der Waals surface area contributed by atoms with Gasteiger partial charge in [-0.2, -0.15) is 0 Å². The Balaban J connectivity index is 1.60. The largest absolute Gasteiger partial charge is 0.314 e. The monoisotopic (exact) mass is 266 g/mol. The Kier molecular flexibility index (Phi) is 6.15. The second-order valence-corrected chi connectivity index (χ2v) is 7.51. The van der Waals surface area contributed by atoms with E-state index in [-0.39, 0.29) is 0 Å². The van der Waals surface area contributed by atoms with Crippen LogP contribution >= 0.6 is 0 Å². The molecule has 1 aliphatic heterocycles. The zero-order chi connectivity index (χ0) is 13.7. The minimum atomic E-state index is 0.792. The summed E-state index contributed by atoms with van der Waals surface area (Å²) in [6, 6.07) is 0.792. The molecule has 0 radical (unpaired) electrons. The summed E-state index contributed by atoms with van der Waals surface area (Å²) in [6.07, 6.45) is 8.55. The lowest BCUT2D eigenvalue weighted by Gasteiger charge is -2.35. The minimum absolute atomic E-state index is 0.792. The van der Waals surface area contributed by atoms with E-state index in [0.29, 0.717) is 0 Å². The van der Waals surface area contributed by atoms with Crippen molar-refractivity contribution in [2.45, 2.75) is 65.3 Å². The maximum absolute atomic E-state index is 3.86. The van der Waals surface area contributed by atoms with Crippen LogP contribution < -0.4 is 5.32 Å². The van der Waals surface area contributed by atoms with E-state index in [1.165, 1.54) is 64.7 Å². The van der Waals surface area contributed by atoms with Gasteiger partial charge in [-0.15, -0.1) is 0 Å². The van der Waals surface area contributed by atoms with Gasteiger partial charge in [-0.3, -0.25) is 0 Å². The highest BCUT2D eigenvalue weighted by molar-refractivity contribution is 4.80. The van der Waals surface area contributed by atoms with Crippen LogP contribution in [0.15, 0.2) is 0 Å². The van der Waals surface area contributed by atoms with E-state index in [2.05, 4.69) is 31.0 Å². The van der Waals surface area contributed by atoms with Gasteiger partial charge in [-0.25, -0.2) is 0 Å². The third kappa shape index (κ3) is 5.43. The average Bonchev–Trinajstić information content (AvgIpc) is 2.37. The molecule has 0 aromatic rings. The Morgan fingerprint density at radius 1 is 1.11 bits per heavy atom. The second kappa shape index (κ2) is 7.64. The molecule has 0 aromatic heterocycles. The Morgan fingerprint density at radius 3 is 2.47 bits per heavy atom. The summed E-state index contributed by atoms with van der Waals surface area (Å²) in [5, 5.41) is 3.86. The van der Waals surface area contributed by atoms with Crippen molar-refractivity contribution in [1.29, 1.82) is 0 Å². The number of rotatable bonds is 5. The van der Waals surface area contributed by atoms with Crippen molar-refractivity contribution in [2.75, 3.05) is 26.2 Å². The summed E-state index contributed by atoms with van der Waals surface area (Å²) in [6.45, 7) is 12.2. The molecule has 2 rings (SSSR count). The number of likely N-dealkylation sites (tertiary alicyclic amines) is 1. The Labute approximate surface area is 120 Å². The molecule has 1 N–H and O–H groups in total. The number of piperidine rings is 1. The van der Waals surface area contributed by atoms with Gasteiger partial charge in [-0.05, 0) is 63.1 Å². The summed E-state index contributed by atoms with van der Waals surface area (Å²) in [7, 11) is 0. The van der Waals surface area contributed by atoms with Gasteiger partial charge in [-0.1, -0.05) is 33.6 Å². The van der Waals surface area contributed by atoms with Crippen LogP contribution in [0.5, 0.6) is 0 Å². The minimum Gasteiger partial charge on any atom is -0.314 e.